The number of rotatable bonds is 7. The summed E-state index contributed by atoms with van der Waals surface area (Å²) in [7, 11) is 0. The predicted octanol–water partition coefficient (Wildman–Crippen LogP) is 6.95. The molecule has 36 heavy (non-hydrogen) atoms. The molecule has 0 amide bonds. The Hall–Kier alpha value is -4.16. The second-order valence-corrected chi connectivity index (χ2v) is 8.49. The van der Waals surface area contributed by atoms with Crippen molar-refractivity contribution in [2.24, 2.45) is 4.99 Å². The van der Waals surface area contributed by atoms with Gasteiger partial charge in [0.15, 0.2) is 17.2 Å². The third kappa shape index (κ3) is 5.09. The maximum atomic E-state index is 13.5. The highest BCUT2D eigenvalue weighted by Gasteiger charge is 2.25. The van der Waals surface area contributed by atoms with Crippen LogP contribution in [0.25, 0.3) is 16.8 Å². The van der Waals surface area contributed by atoms with Gasteiger partial charge in [0.25, 0.3) is 0 Å². The first-order valence-electron chi connectivity index (χ1n) is 11.4. The molecule has 0 saturated carbocycles. The minimum absolute atomic E-state index is 0.115. The second kappa shape index (κ2) is 10.2. The first-order chi connectivity index (χ1) is 17.5. The Morgan fingerprint density at radius 2 is 1.81 bits per heavy atom. The van der Waals surface area contributed by atoms with E-state index in [4.69, 9.17) is 25.8 Å². The van der Waals surface area contributed by atoms with E-state index in [1.54, 1.807) is 30.3 Å². The van der Waals surface area contributed by atoms with Gasteiger partial charge in [0.05, 0.1) is 11.6 Å². The Morgan fingerprint density at radius 1 is 0.972 bits per heavy atom. The fourth-order valence-electron chi connectivity index (χ4n) is 3.87. The summed E-state index contributed by atoms with van der Waals surface area (Å²) >= 11 is 6.51. The third-order valence-electron chi connectivity index (χ3n) is 5.52. The predicted molar refractivity (Wildman–Crippen MR) is 138 cm³/mol. The molecule has 1 heterocycles. The van der Waals surface area contributed by atoms with E-state index in [0.29, 0.717) is 34.8 Å². The molecule has 4 aromatic carbocycles. The molecular formula is C29H21ClFNO4. The molecule has 0 atom stereocenters. The van der Waals surface area contributed by atoms with E-state index in [2.05, 4.69) is 4.99 Å². The Kier molecular flexibility index (Phi) is 6.69. The standard InChI is InChI=1S/C29H21ClFNO4/c1-2-34-26-15-19(13-24(30)27(26)35-17-18-6-5-9-23(31)12-18)14-25-29(33)36-28(32-25)22-11-10-20-7-3-4-8-21(20)16-22/h3-16H,2,17H2,1H3/b25-14-. The normalized spacial score (nSPS) is 14.1. The summed E-state index contributed by atoms with van der Waals surface area (Å²) in [4.78, 5) is 17.0. The summed E-state index contributed by atoms with van der Waals surface area (Å²) < 4.78 is 30.5. The zero-order valence-corrected chi connectivity index (χ0v) is 20.1. The number of fused-ring (bicyclic) bond motifs is 1. The molecule has 4 aromatic rings. The monoisotopic (exact) mass is 501 g/mol. The van der Waals surface area contributed by atoms with Gasteiger partial charge in [0.2, 0.25) is 5.90 Å². The van der Waals surface area contributed by atoms with E-state index in [1.165, 1.54) is 12.1 Å². The van der Waals surface area contributed by atoms with Crippen molar-refractivity contribution in [2.75, 3.05) is 6.61 Å². The number of carbonyl (C=O) groups excluding carboxylic acids is 1. The molecule has 5 nitrogen and oxygen atoms in total. The SMILES string of the molecule is CCOc1cc(/C=C2\N=C(c3ccc4ccccc4c3)OC2=O)cc(Cl)c1OCc1cccc(F)c1. The smallest absolute Gasteiger partial charge is 0.363 e. The molecule has 0 bridgehead atoms. The van der Waals surface area contributed by atoms with Crippen LogP contribution in [0.15, 0.2) is 89.6 Å². The summed E-state index contributed by atoms with van der Waals surface area (Å²) in [6.07, 6.45) is 1.58. The third-order valence-corrected chi connectivity index (χ3v) is 5.80. The van der Waals surface area contributed by atoms with E-state index in [0.717, 1.165) is 10.8 Å². The van der Waals surface area contributed by atoms with Gasteiger partial charge in [0.1, 0.15) is 12.4 Å². The first-order valence-corrected chi connectivity index (χ1v) is 11.7. The fourth-order valence-corrected chi connectivity index (χ4v) is 4.14. The average molecular weight is 502 g/mol. The van der Waals surface area contributed by atoms with Crippen molar-refractivity contribution < 1.29 is 23.4 Å². The van der Waals surface area contributed by atoms with Gasteiger partial charge in [-0.05, 0) is 71.3 Å². The van der Waals surface area contributed by atoms with Crippen LogP contribution < -0.4 is 9.47 Å². The molecule has 5 rings (SSSR count). The molecule has 0 aromatic heterocycles. The number of ether oxygens (including phenoxy) is 3. The first kappa shape index (κ1) is 23.6. The molecule has 1 aliphatic rings. The van der Waals surface area contributed by atoms with Crippen molar-refractivity contribution in [3.63, 3.8) is 0 Å². The molecule has 0 N–H and O–H groups in total. The van der Waals surface area contributed by atoms with Crippen molar-refractivity contribution in [3.8, 4) is 11.5 Å². The van der Waals surface area contributed by atoms with Crippen LogP contribution in [0.4, 0.5) is 4.39 Å². The molecule has 0 saturated heterocycles. The Morgan fingerprint density at radius 3 is 2.61 bits per heavy atom. The molecule has 0 spiro atoms. The van der Waals surface area contributed by atoms with Gasteiger partial charge in [-0.2, -0.15) is 0 Å². The van der Waals surface area contributed by atoms with E-state index < -0.39 is 5.97 Å². The van der Waals surface area contributed by atoms with E-state index in [9.17, 15) is 9.18 Å². The molecule has 0 fully saturated rings. The van der Waals surface area contributed by atoms with Crippen molar-refractivity contribution in [1.82, 2.24) is 0 Å². The van der Waals surface area contributed by atoms with Crippen LogP contribution in [0.1, 0.15) is 23.6 Å². The maximum absolute atomic E-state index is 13.5. The Balaban J connectivity index is 1.42. The molecule has 0 radical (unpaired) electrons. The zero-order valence-electron chi connectivity index (χ0n) is 19.3. The van der Waals surface area contributed by atoms with E-state index >= 15 is 0 Å². The van der Waals surface area contributed by atoms with E-state index in [1.807, 2.05) is 49.4 Å². The number of carbonyl (C=O) groups is 1. The van der Waals surface area contributed by atoms with Gasteiger partial charge in [-0.25, -0.2) is 14.2 Å². The number of halogens is 2. The van der Waals surface area contributed by atoms with Gasteiger partial charge in [0, 0.05) is 5.56 Å². The van der Waals surface area contributed by atoms with Crippen LogP contribution in [0.5, 0.6) is 11.5 Å². The lowest BCUT2D eigenvalue weighted by atomic mass is 10.1. The van der Waals surface area contributed by atoms with Crippen LogP contribution in [0.3, 0.4) is 0 Å². The highest BCUT2D eigenvalue weighted by molar-refractivity contribution is 6.32. The lowest BCUT2D eigenvalue weighted by Gasteiger charge is -2.14. The largest absolute Gasteiger partial charge is 0.490 e. The minimum Gasteiger partial charge on any atom is -0.490 e. The van der Waals surface area contributed by atoms with Gasteiger partial charge in [-0.15, -0.1) is 0 Å². The lowest BCUT2D eigenvalue weighted by Crippen LogP contribution is -2.05. The van der Waals surface area contributed by atoms with Crippen molar-refractivity contribution in [1.29, 1.82) is 0 Å². The molecule has 1 aliphatic heterocycles. The average Bonchev–Trinajstić information content (AvgIpc) is 3.23. The molecule has 0 aliphatic carbocycles. The van der Waals surface area contributed by atoms with Crippen LogP contribution in [-0.2, 0) is 16.1 Å². The zero-order chi connectivity index (χ0) is 25.1. The lowest BCUT2D eigenvalue weighted by molar-refractivity contribution is -0.129. The highest BCUT2D eigenvalue weighted by atomic mass is 35.5. The van der Waals surface area contributed by atoms with Gasteiger partial charge >= 0.3 is 5.97 Å². The summed E-state index contributed by atoms with van der Waals surface area (Å²) in [5, 5.41) is 2.39. The fraction of sp³-hybridized carbons (Fsp3) is 0.103. The topological polar surface area (TPSA) is 57.1 Å². The number of hydrogen-bond donors (Lipinski definition) is 0. The van der Waals surface area contributed by atoms with Crippen LogP contribution >= 0.6 is 11.6 Å². The number of esters is 1. The number of benzene rings is 4. The van der Waals surface area contributed by atoms with Gasteiger partial charge in [-0.1, -0.05) is 54.1 Å². The Bertz CT molecular complexity index is 1530. The summed E-state index contributed by atoms with van der Waals surface area (Å²) in [6, 6.07) is 23.2. The summed E-state index contributed by atoms with van der Waals surface area (Å²) in [5.74, 6) is 0.0701. The molecular weight excluding hydrogens is 481 g/mol. The molecule has 0 unspecified atom stereocenters. The van der Waals surface area contributed by atoms with Crippen LogP contribution in [0, 0.1) is 5.82 Å². The van der Waals surface area contributed by atoms with Crippen molar-refractivity contribution >= 4 is 40.3 Å². The number of hydrogen-bond acceptors (Lipinski definition) is 5. The molecule has 180 valence electrons. The second-order valence-electron chi connectivity index (χ2n) is 8.08. The number of cyclic esters (lactones) is 1. The number of aliphatic imine (C=N–C) groups is 1. The van der Waals surface area contributed by atoms with Crippen molar-refractivity contribution in [3.05, 3.63) is 112 Å². The summed E-state index contributed by atoms with van der Waals surface area (Å²) in [6.45, 7) is 2.33. The maximum Gasteiger partial charge on any atom is 0.363 e. The minimum atomic E-state index is -0.557. The quantitative estimate of drug-likeness (QED) is 0.203. The van der Waals surface area contributed by atoms with Gasteiger partial charge < -0.3 is 14.2 Å². The highest BCUT2D eigenvalue weighted by Crippen LogP contribution is 2.38. The van der Waals surface area contributed by atoms with Gasteiger partial charge in [-0.3, -0.25) is 0 Å². The van der Waals surface area contributed by atoms with Crippen molar-refractivity contribution in [2.45, 2.75) is 13.5 Å². The molecule has 7 heteroatoms. The van der Waals surface area contributed by atoms with Crippen LogP contribution in [0.2, 0.25) is 5.02 Å². The van der Waals surface area contributed by atoms with E-state index in [-0.39, 0.29) is 29.0 Å². The summed E-state index contributed by atoms with van der Waals surface area (Å²) in [5.41, 5.74) is 2.10. The Labute approximate surface area is 212 Å². The number of nitrogens with zero attached hydrogens (tertiary/aromatic N) is 1. The van der Waals surface area contributed by atoms with Crippen LogP contribution in [-0.4, -0.2) is 18.5 Å².